The minimum atomic E-state index is -0.394. The summed E-state index contributed by atoms with van der Waals surface area (Å²) in [4.78, 5) is 16.6. The van der Waals surface area contributed by atoms with Crippen molar-refractivity contribution in [3.05, 3.63) is 58.9 Å². The molecule has 3 aromatic rings. The maximum Gasteiger partial charge on any atom is 0.278 e. The fraction of sp³-hybridized carbons (Fsp3) is 0.118. The lowest BCUT2D eigenvalue weighted by Crippen LogP contribution is -1.92. The first kappa shape index (κ1) is 16.1. The second-order valence-corrected chi connectivity index (χ2v) is 6.00. The molecule has 6 nitrogen and oxygen atoms in total. The first-order valence-electron chi connectivity index (χ1n) is 7.05. The van der Waals surface area contributed by atoms with Gasteiger partial charge in [0.25, 0.3) is 5.69 Å². The number of rotatable bonds is 5. The van der Waals surface area contributed by atoms with Gasteiger partial charge in [0, 0.05) is 33.6 Å². The first-order chi connectivity index (χ1) is 11.6. The molecule has 0 radical (unpaired) electrons. The van der Waals surface area contributed by atoms with Gasteiger partial charge in [0.05, 0.1) is 24.5 Å². The molecule has 0 aliphatic rings. The molecule has 2 aromatic carbocycles. The highest BCUT2D eigenvalue weighted by molar-refractivity contribution is 7.99. The Bertz CT molecular complexity index is 914. The monoisotopic (exact) mass is 342 g/mol. The van der Waals surface area contributed by atoms with Gasteiger partial charge in [-0.15, -0.1) is 0 Å². The molecule has 1 aromatic heterocycles. The lowest BCUT2D eigenvalue weighted by molar-refractivity contribution is -0.383. The van der Waals surface area contributed by atoms with Crippen LogP contribution in [0.2, 0.25) is 0 Å². The molecule has 0 atom stereocenters. The van der Waals surface area contributed by atoms with E-state index in [1.165, 1.54) is 24.0 Å². The van der Waals surface area contributed by atoms with Crippen LogP contribution in [0.4, 0.5) is 5.69 Å². The van der Waals surface area contributed by atoms with Gasteiger partial charge in [-0.25, -0.2) is 0 Å². The van der Waals surface area contributed by atoms with Crippen LogP contribution in [0.15, 0.2) is 58.6 Å². The van der Waals surface area contributed by atoms with Crippen molar-refractivity contribution < 1.29 is 14.4 Å². The molecular formula is C17H14N2O4S. The van der Waals surface area contributed by atoms with Gasteiger partial charge < -0.3 is 9.47 Å². The van der Waals surface area contributed by atoms with E-state index in [0.29, 0.717) is 16.9 Å². The Hall–Kier alpha value is -2.80. The minimum Gasteiger partial charge on any atom is -0.493 e. The molecule has 7 heteroatoms. The van der Waals surface area contributed by atoms with Crippen LogP contribution in [0.5, 0.6) is 11.5 Å². The van der Waals surface area contributed by atoms with E-state index >= 15 is 0 Å². The molecule has 24 heavy (non-hydrogen) atoms. The number of pyridine rings is 1. The van der Waals surface area contributed by atoms with Gasteiger partial charge in [-0.1, -0.05) is 11.8 Å². The van der Waals surface area contributed by atoms with Crippen LogP contribution in [0.3, 0.4) is 0 Å². The fourth-order valence-corrected chi connectivity index (χ4v) is 3.38. The Balaban J connectivity index is 2.05. The second kappa shape index (κ2) is 6.76. The molecule has 0 aliphatic heterocycles. The van der Waals surface area contributed by atoms with E-state index in [-0.39, 0.29) is 5.69 Å². The van der Waals surface area contributed by atoms with Crippen molar-refractivity contribution in [2.24, 2.45) is 0 Å². The molecule has 0 aliphatic carbocycles. The molecule has 0 saturated heterocycles. The summed E-state index contributed by atoms with van der Waals surface area (Å²) in [5.74, 6) is 1.29. The van der Waals surface area contributed by atoms with Gasteiger partial charge in [-0.2, -0.15) is 0 Å². The van der Waals surface area contributed by atoms with E-state index in [9.17, 15) is 10.1 Å². The van der Waals surface area contributed by atoms with Crippen molar-refractivity contribution >= 4 is 28.2 Å². The lowest BCUT2D eigenvalue weighted by atomic mass is 10.1. The third-order valence-corrected chi connectivity index (χ3v) is 4.60. The van der Waals surface area contributed by atoms with Gasteiger partial charge in [0.1, 0.15) is 0 Å². The van der Waals surface area contributed by atoms with Crippen LogP contribution in [-0.2, 0) is 0 Å². The normalized spacial score (nSPS) is 10.6. The molecule has 0 N–H and O–H groups in total. The third kappa shape index (κ3) is 2.98. The van der Waals surface area contributed by atoms with Crippen molar-refractivity contribution in [2.45, 2.75) is 9.79 Å². The summed E-state index contributed by atoms with van der Waals surface area (Å²) in [6.07, 6.45) is 3.15. The number of fused-ring (bicyclic) bond motifs is 1. The molecule has 0 bridgehead atoms. The summed E-state index contributed by atoms with van der Waals surface area (Å²) >= 11 is 1.50. The largest absolute Gasteiger partial charge is 0.493 e. The highest BCUT2D eigenvalue weighted by Gasteiger charge is 2.15. The number of non-ortho nitro benzene ring substituents is 1. The van der Waals surface area contributed by atoms with Crippen LogP contribution in [0, 0.1) is 10.1 Å². The number of nitrogens with zero attached hydrogens (tertiary/aromatic N) is 2. The SMILES string of the molecule is COc1ccc(Sc2ccc([N+](=O)[O-])c3cnccc23)cc1OC. The number of aromatic nitrogens is 1. The number of hydrogen-bond donors (Lipinski definition) is 0. The average Bonchev–Trinajstić information content (AvgIpc) is 2.61. The number of methoxy groups -OCH3 is 2. The zero-order valence-electron chi connectivity index (χ0n) is 13.1. The second-order valence-electron chi connectivity index (χ2n) is 4.88. The lowest BCUT2D eigenvalue weighted by Gasteiger charge is -2.10. The summed E-state index contributed by atoms with van der Waals surface area (Å²) in [5.41, 5.74) is 0.0507. The van der Waals surface area contributed by atoms with Crippen molar-refractivity contribution in [3.8, 4) is 11.5 Å². The molecule has 122 valence electrons. The highest BCUT2D eigenvalue weighted by atomic mass is 32.2. The molecule has 1 heterocycles. The van der Waals surface area contributed by atoms with Gasteiger partial charge in [-0.05, 0) is 30.3 Å². The maximum absolute atomic E-state index is 11.2. The number of benzene rings is 2. The van der Waals surface area contributed by atoms with Crippen molar-refractivity contribution in [2.75, 3.05) is 14.2 Å². The van der Waals surface area contributed by atoms with Crippen LogP contribution < -0.4 is 9.47 Å². The number of ether oxygens (including phenoxy) is 2. The fourth-order valence-electron chi connectivity index (χ4n) is 2.40. The molecule has 0 fully saturated rings. The van der Waals surface area contributed by atoms with Gasteiger partial charge in [-0.3, -0.25) is 15.1 Å². The van der Waals surface area contributed by atoms with Crippen molar-refractivity contribution in [3.63, 3.8) is 0 Å². The van der Waals surface area contributed by atoms with Crippen LogP contribution in [-0.4, -0.2) is 24.1 Å². The summed E-state index contributed by atoms with van der Waals surface area (Å²) in [5, 5.41) is 12.5. The third-order valence-electron chi connectivity index (χ3n) is 3.53. The molecule has 0 unspecified atom stereocenters. The Labute approximate surface area is 142 Å². The topological polar surface area (TPSA) is 74.5 Å². The summed E-state index contributed by atoms with van der Waals surface area (Å²) < 4.78 is 10.6. The Morgan fingerprint density at radius 1 is 1.04 bits per heavy atom. The summed E-state index contributed by atoms with van der Waals surface area (Å²) in [7, 11) is 3.17. The van der Waals surface area contributed by atoms with Crippen molar-refractivity contribution in [1.82, 2.24) is 4.98 Å². The van der Waals surface area contributed by atoms with Crippen LogP contribution >= 0.6 is 11.8 Å². The predicted octanol–water partition coefficient (Wildman–Crippen LogP) is 4.31. The zero-order chi connectivity index (χ0) is 17.1. The van der Waals surface area contributed by atoms with E-state index in [0.717, 1.165) is 15.2 Å². The number of nitro benzene ring substituents is 1. The molecule has 0 saturated carbocycles. The Morgan fingerprint density at radius 2 is 1.83 bits per heavy atom. The number of nitro groups is 1. The van der Waals surface area contributed by atoms with E-state index in [2.05, 4.69) is 4.98 Å². The Kier molecular flexibility index (Phi) is 4.52. The summed E-state index contributed by atoms with van der Waals surface area (Å²) in [6.45, 7) is 0. The first-order valence-corrected chi connectivity index (χ1v) is 7.86. The number of hydrogen-bond acceptors (Lipinski definition) is 6. The van der Waals surface area contributed by atoms with Gasteiger partial charge in [0.2, 0.25) is 0 Å². The molecule has 0 spiro atoms. The Morgan fingerprint density at radius 3 is 2.54 bits per heavy atom. The standard InChI is InChI=1S/C17H14N2O4S/c1-22-15-5-3-11(9-16(15)23-2)24-17-6-4-14(19(20)21)13-10-18-8-7-12(13)17/h3-10H,1-2H3. The van der Waals surface area contributed by atoms with Crippen LogP contribution in [0.1, 0.15) is 0 Å². The van der Waals surface area contributed by atoms with Gasteiger partial charge in [0.15, 0.2) is 11.5 Å². The molecule has 3 rings (SSSR count). The summed E-state index contributed by atoms with van der Waals surface area (Å²) in [6, 6.07) is 10.7. The quantitative estimate of drug-likeness (QED) is 0.508. The van der Waals surface area contributed by atoms with E-state index in [1.54, 1.807) is 32.5 Å². The smallest absolute Gasteiger partial charge is 0.278 e. The van der Waals surface area contributed by atoms with E-state index in [4.69, 9.17) is 9.47 Å². The highest BCUT2D eigenvalue weighted by Crippen LogP contribution is 2.39. The predicted molar refractivity (Wildman–Crippen MR) is 92.1 cm³/mol. The van der Waals surface area contributed by atoms with Crippen LogP contribution in [0.25, 0.3) is 10.8 Å². The van der Waals surface area contributed by atoms with E-state index in [1.807, 2.05) is 18.2 Å². The average molecular weight is 342 g/mol. The maximum atomic E-state index is 11.2. The van der Waals surface area contributed by atoms with Gasteiger partial charge >= 0.3 is 0 Å². The minimum absolute atomic E-state index is 0.0507. The van der Waals surface area contributed by atoms with Crippen molar-refractivity contribution in [1.29, 1.82) is 0 Å². The van der Waals surface area contributed by atoms with E-state index < -0.39 is 4.92 Å². The zero-order valence-corrected chi connectivity index (χ0v) is 13.9. The molecular weight excluding hydrogens is 328 g/mol. The molecule has 0 amide bonds.